The lowest BCUT2D eigenvalue weighted by atomic mass is 10.0. The molecule has 4 rings (SSSR count). The van der Waals surface area contributed by atoms with E-state index in [1.54, 1.807) is 42.5 Å². The van der Waals surface area contributed by atoms with Crippen LogP contribution in [0.15, 0.2) is 48.5 Å². The molecule has 2 aromatic carbocycles. The first-order chi connectivity index (χ1) is 14.0. The maximum absolute atomic E-state index is 12.4. The van der Waals surface area contributed by atoms with Crippen LogP contribution in [-0.4, -0.2) is 41.1 Å². The van der Waals surface area contributed by atoms with Crippen LogP contribution in [0.2, 0.25) is 0 Å². The molecule has 0 saturated carbocycles. The summed E-state index contributed by atoms with van der Waals surface area (Å²) in [6.45, 7) is 1.25. The minimum Gasteiger partial charge on any atom is -0.354 e. The van der Waals surface area contributed by atoms with Gasteiger partial charge in [-0.3, -0.25) is 24.6 Å². The number of carbonyl (C=O) groups is 4. The largest absolute Gasteiger partial charge is 0.354 e. The Balaban J connectivity index is 1.42. The number of fused-ring (bicyclic) bond motifs is 1. The average Bonchev–Trinajstić information content (AvgIpc) is 3.11. The molecule has 1 unspecified atom stereocenters. The van der Waals surface area contributed by atoms with Crippen molar-refractivity contribution in [3.63, 3.8) is 0 Å². The first-order valence-corrected chi connectivity index (χ1v) is 9.35. The van der Waals surface area contributed by atoms with Gasteiger partial charge in [-0.1, -0.05) is 24.3 Å². The van der Waals surface area contributed by atoms with Crippen molar-refractivity contribution >= 4 is 29.3 Å². The van der Waals surface area contributed by atoms with Crippen LogP contribution in [0.25, 0.3) is 0 Å². The van der Waals surface area contributed by atoms with Crippen LogP contribution < -0.4 is 16.0 Å². The van der Waals surface area contributed by atoms with Crippen molar-refractivity contribution in [3.05, 3.63) is 65.2 Å². The fraction of sp³-hybridized carbons (Fsp3) is 0.238. The molecule has 4 amide bonds. The Morgan fingerprint density at radius 1 is 1.00 bits per heavy atom. The molecule has 2 aliphatic rings. The maximum atomic E-state index is 12.4. The zero-order chi connectivity index (χ0) is 20.4. The van der Waals surface area contributed by atoms with Crippen LogP contribution in [0.4, 0.5) is 10.5 Å². The number of rotatable bonds is 3. The van der Waals surface area contributed by atoms with Gasteiger partial charge in [-0.2, -0.15) is 0 Å². The number of para-hydroxylation sites is 1. The van der Waals surface area contributed by atoms with E-state index in [2.05, 4.69) is 16.0 Å². The fourth-order valence-corrected chi connectivity index (χ4v) is 3.66. The van der Waals surface area contributed by atoms with Crippen LogP contribution in [0.1, 0.15) is 27.9 Å². The monoisotopic (exact) mass is 392 g/mol. The smallest absolute Gasteiger partial charge is 0.326 e. The molecule has 2 aliphatic heterocycles. The summed E-state index contributed by atoms with van der Waals surface area (Å²) < 4.78 is 0. The van der Waals surface area contributed by atoms with Gasteiger partial charge in [0.1, 0.15) is 6.04 Å². The van der Waals surface area contributed by atoms with Gasteiger partial charge in [-0.25, -0.2) is 4.79 Å². The van der Waals surface area contributed by atoms with Gasteiger partial charge in [-0.05, 0) is 35.4 Å². The second-order valence-corrected chi connectivity index (χ2v) is 7.07. The number of hydrogen-bond donors (Lipinski definition) is 3. The van der Waals surface area contributed by atoms with E-state index in [0.717, 1.165) is 11.1 Å². The van der Waals surface area contributed by atoms with Crippen molar-refractivity contribution < 1.29 is 19.2 Å². The van der Waals surface area contributed by atoms with Crippen LogP contribution in [-0.2, 0) is 22.7 Å². The summed E-state index contributed by atoms with van der Waals surface area (Å²) in [5.41, 5.74) is 2.75. The van der Waals surface area contributed by atoms with Gasteiger partial charge in [0.15, 0.2) is 5.78 Å². The van der Waals surface area contributed by atoms with Crippen molar-refractivity contribution in [2.75, 3.05) is 11.9 Å². The molecule has 0 bridgehead atoms. The van der Waals surface area contributed by atoms with E-state index in [-0.39, 0.29) is 11.7 Å². The summed E-state index contributed by atoms with van der Waals surface area (Å²) in [5.74, 6) is -0.882. The number of amides is 4. The molecule has 2 heterocycles. The van der Waals surface area contributed by atoms with Gasteiger partial charge < -0.3 is 10.6 Å². The second kappa shape index (κ2) is 7.84. The predicted octanol–water partition coefficient (Wildman–Crippen LogP) is 1.42. The molecule has 2 aromatic rings. The first-order valence-electron chi connectivity index (χ1n) is 9.35. The Morgan fingerprint density at radius 2 is 1.76 bits per heavy atom. The number of hydrogen-bond acceptors (Lipinski definition) is 5. The summed E-state index contributed by atoms with van der Waals surface area (Å²) in [4.78, 5) is 50.6. The van der Waals surface area contributed by atoms with Gasteiger partial charge in [0.25, 0.3) is 5.91 Å². The summed E-state index contributed by atoms with van der Waals surface area (Å²) in [7, 11) is 0. The third-order valence-electron chi connectivity index (χ3n) is 5.06. The lowest BCUT2D eigenvalue weighted by Gasteiger charge is -2.28. The van der Waals surface area contributed by atoms with E-state index in [0.29, 0.717) is 37.3 Å². The van der Waals surface area contributed by atoms with Crippen molar-refractivity contribution in [3.8, 4) is 0 Å². The molecule has 0 aliphatic carbocycles. The van der Waals surface area contributed by atoms with Crippen molar-refractivity contribution in [2.24, 2.45) is 0 Å². The lowest BCUT2D eigenvalue weighted by Crippen LogP contribution is -2.54. The van der Waals surface area contributed by atoms with E-state index >= 15 is 0 Å². The summed E-state index contributed by atoms with van der Waals surface area (Å²) in [5, 5.41) is 7.62. The van der Waals surface area contributed by atoms with Crippen molar-refractivity contribution in [1.82, 2.24) is 15.5 Å². The summed E-state index contributed by atoms with van der Waals surface area (Å²) in [6, 6.07) is 12.5. The van der Waals surface area contributed by atoms with Gasteiger partial charge in [0.2, 0.25) is 5.91 Å². The number of ketones is 1. The van der Waals surface area contributed by atoms with Crippen molar-refractivity contribution in [2.45, 2.75) is 25.6 Å². The highest BCUT2D eigenvalue weighted by atomic mass is 16.2. The number of Topliss-reactive ketones (excluding diaryl/α,β-unsaturated/α-hetero) is 1. The molecule has 3 N–H and O–H groups in total. The summed E-state index contributed by atoms with van der Waals surface area (Å²) >= 11 is 0. The number of benzene rings is 2. The molecule has 1 atom stereocenters. The topological polar surface area (TPSA) is 108 Å². The van der Waals surface area contributed by atoms with Gasteiger partial charge >= 0.3 is 6.03 Å². The highest BCUT2D eigenvalue weighted by Gasteiger charge is 2.38. The Labute approximate surface area is 167 Å². The minimum atomic E-state index is -0.787. The van der Waals surface area contributed by atoms with Crippen molar-refractivity contribution in [1.29, 1.82) is 0 Å². The van der Waals surface area contributed by atoms with E-state index in [9.17, 15) is 19.2 Å². The number of imide groups is 1. The van der Waals surface area contributed by atoms with Crippen LogP contribution in [0.3, 0.4) is 0 Å². The standard InChI is InChI=1S/C21H20N4O4/c26-17-8-9-22-20(28)18(17)25-11-14-7-6-13(10-15(14)12-25)19(27)24-21(29)23-16-4-2-1-3-5-16/h1-7,10,18H,8-9,11-12H2,(H,22,28)(H2,23,24,27,29). The molecule has 1 saturated heterocycles. The number of carbonyl (C=O) groups excluding carboxylic acids is 4. The Morgan fingerprint density at radius 3 is 2.52 bits per heavy atom. The fourth-order valence-electron chi connectivity index (χ4n) is 3.66. The number of anilines is 1. The number of nitrogens with one attached hydrogen (secondary N) is 3. The Kier molecular flexibility index (Phi) is 5.09. The Hall–Kier alpha value is -3.52. The zero-order valence-corrected chi connectivity index (χ0v) is 15.6. The van der Waals surface area contributed by atoms with Gasteiger partial charge in [0.05, 0.1) is 0 Å². The molecular formula is C21H20N4O4. The van der Waals surface area contributed by atoms with E-state index < -0.39 is 18.0 Å². The second-order valence-electron chi connectivity index (χ2n) is 7.07. The average molecular weight is 392 g/mol. The molecule has 8 heteroatoms. The van der Waals surface area contributed by atoms with Crippen LogP contribution >= 0.6 is 0 Å². The maximum Gasteiger partial charge on any atom is 0.326 e. The quantitative estimate of drug-likeness (QED) is 0.685. The molecule has 0 aromatic heterocycles. The minimum absolute atomic E-state index is 0.0860. The molecule has 29 heavy (non-hydrogen) atoms. The van der Waals surface area contributed by atoms with Crippen LogP contribution in [0.5, 0.6) is 0 Å². The number of piperidine rings is 1. The van der Waals surface area contributed by atoms with Gasteiger partial charge in [-0.15, -0.1) is 0 Å². The molecule has 0 spiro atoms. The Bertz CT molecular complexity index is 973. The highest BCUT2D eigenvalue weighted by molar-refractivity contribution is 6.08. The zero-order valence-electron chi connectivity index (χ0n) is 15.6. The predicted molar refractivity (Wildman–Crippen MR) is 105 cm³/mol. The SMILES string of the molecule is O=C(NC(=O)c1ccc2c(c1)CN(C1C(=O)CCNC1=O)C2)Nc1ccccc1. The highest BCUT2D eigenvalue weighted by Crippen LogP contribution is 2.27. The first kappa shape index (κ1) is 18.8. The number of nitrogens with zero attached hydrogens (tertiary/aromatic N) is 1. The van der Waals surface area contributed by atoms with E-state index in [4.69, 9.17) is 0 Å². The van der Waals surface area contributed by atoms with Crippen LogP contribution in [0, 0.1) is 0 Å². The molecule has 0 radical (unpaired) electrons. The third-order valence-corrected chi connectivity index (χ3v) is 5.06. The molecule has 1 fully saturated rings. The normalized spacial score (nSPS) is 18.7. The lowest BCUT2D eigenvalue weighted by molar-refractivity contribution is -0.139. The molecule has 8 nitrogen and oxygen atoms in total. The summed E-state index contributed by atoms with van der Waals surface area (Å²) in [6.07, 6.45) is 0.327. The number of urea groups is 1. The van der Waals surface area contributed by atoms with Gasteiger partial charge in [0, 0.05) is 37.3 Å². The molecule has 148 valence electrons. The molecular weight excluding hydrogens is 372 g/mol. The third kappa shape index (κ3) is 4.02. The van der Waals surface area contributed by atoms with E-state index in [1.807, 2.05) is 11.0 Å². The van der Waals surface area contributed by atoms with E-state index in [1.165, 1.54) is 0 Å².